The number of allylic oxidation sites excluding steroid dienone is 2. The molecular weight excluding hydrogens is 304 g/mol. The van der Waals surface area contributed by atoms with Gasteiger partial charge < -0.3 is 0 Å². The van der Waals surface area contributed by atoms with Gasteiger partial charge in [-0.1, -0.05) is 56.7 Å². The first-order chi connectivity index (χ1) is 12.3. The fraction of sp³-hybridized carbons (Fsp3) is 0.391. The van der Waals surface area contributed by atoms with Crippen LogP contribution < -0.4 is 0 Å². The third kappa shape index (κ3) is 4.66. The molecule has 2 nitrogen and oxygen atoms in total. The molecule has 0 spiro atoms. The van der Waals surface area contributed by atoms with Crippen LogP contribution in [0.4, 0.5) is 0 Å². The van der Waals surface area contributed by atoms with Crippen molar-refractivity contribution in [1.82, 2.24) is 4.98 Å². The van der Waals surface area contributed by atoms with Crippen molar-refractivity contribution < 1.29 is 0 Å². The molecule has 0 amide bonds. The van der Waals surface area contributed by atoms with Crippen LogP contribution in [0, 0.1) is 5.92 Å². The van der Waals surface area contributed by atoms with Gasteiger partial charge in [0, 0.05) is 29.9 Å². The summed E-state index contributed by atoms with van der Waals surface area (Å²) < 4.78 is 0. The highest BCUT2D eigenvalue weighted by Crippen LogP contribution is 2.29. The number of hydrogen-bond acceptors (Lipinski definition) is 2. The lowest BCUT2D eigenvalue weighted by Gasteiger charge is -2.15. The Bertz CT molecular complexity index is 726. The molecule has 1 aliphatic heterocycles. The van der Waals surface area contributed by atoms with E-state index in [0.29, 0.717) is 5.92 Å². The fourth-order valence-electron chi connectivity index (χ4n) is 3.48. The van der Waals surface area contributed by atoms with Gasteiger partial charge >= 0.3 is 0 Å². The molecule has 2 heteroatoms. The Kier molecular flexibility index (Phi) is 6.16. The first-order valence-corrected chi connectivity index (χ1v) is 9.57. The standard InChI is InChI=1S/C23H28N2/c1-3-7-19(13-14-21-8-5-6-17-24-21)22-15-16-23(25-22)20-11-9-18(4-2)10-12-20/h5-6,8-12,15,17,19H,3-4,7,13-14,16H2,1-2H3. The van der Waals surface area contributed by atoms with Gasteiger partial charge in [0.25, 0.3) is 0 Å². The van der Waals surface area contributed by atoms with Crippen molar-refractivity contribution in [1.29, 1.82) is 0 Å². The Balaban J connectivity index is 1.67. The Morgan fingerprint density at radius 1 is 1.00 bits per heavy atom. The van der Waals surface area contributed by atoms with Crippen LogP contribution in [0.3, 0.4) is 0 Å². The highest BCUT2D eigenvalue weighted by molar-refractivity contribution is 6.03. The number of pyridine rings is 1. The van der Waals surface area contributed by atoms with Crippen LogP contribution >= 0.6 is 0 Å². The Hall–Kier alpha value is -2.22. The van der Waals surface area contributed by atoms with E-state index in [0.717, 1.165) is 25.7 Å². The molecule has 130 valence electrons. The van der Waals surface area contributed by atoms with E-state index in [1.165, 1.54) is 41.1 Å². The number of aryl methyl sites for hydroxylation is 2. The van der Waals surface area contributed by atoms with Crippen LogP contribution in [0.5, 0.6) is 0 Å². The second-order valence-corrected chi connectivity index (χ2v) is 6.79. The second kappa shape index (κ2) is 8.75. The van der Waals surface area contributed by atoms with Crippen molar-refractivity contribution >= 4 is 5.71 Å². The van der Waals surface area contributed by atoms with E-state index in [9.17, 15) is 0 Å². The molecule has 2 aromatic rings. The van der Waals surface area contributed by atoms with Gasteiger partial charge in [-0.3, -0.25) is 9.98 Å². The third-order valence-corrected chi connectivity index (χ3v) is 4.99. The van der Waals surface area contributed by atoms with Gasteiger partial charge in [-0.15, -0.1) is 0 Å². The van der Waals surface area contributed by atoms with Gasteiger partial charge in [0.2, 0.25) is 0 Å². The number of nitrogens with zero attached hydrogens (tertiary/aromatic N) is 2. The highest BCUT2D eigenvalue weighted by Gasteiger charge is 2.19. The smallest absolute Gasteiger partial charge is 0.0517 e. The molecule has 1 unspecified atom stereocenters. The van der Waals surface area contributed by atoms with Crippen molar-refractivity contribution in [2.75, 3.05) is 0 Å². The predicted octanol–water partition coefficient (Wildman–Crippen LogP) is 5.77. The van der Waals surface area contributed by atoms with Crippen LogP contribution in [0.15, 0.2) is 65.4 Å². The summed E-state index contributed by atoms with van der Waals surface area (Å²) in [6, 6.07) is 15.1. The largest absolute Gasteiger partial charge is 0.261 e. The molecule has 0 bridgehead atoms. The molecule has 2 heterocycles. The Morgan fingerprint density at radius 3 is 2.52 bits per heavy atom. The van der Waals surface area contributed by atoms with Crippen LogP contribution in [-0.2, 0) is 12.8 Å². The van der Waals surface area contributed by atoms with Gasteiger partial charge in [0.15, 0.2) is 0 Å². The number of hydrogen-bond donors (Lipinski definition) is 0. The van der Waals surface area contributed by atoms with Crippen LogP contribution in [0.25, 0.3) is 0 Å². The molecule has 1 atom stereocenters. The molecule has 0 fully saturated rings. The first-order valence-electron chi connectivity index (χ1n) is 9.57. The monoisotopic (exact) mass is 332 g/mol. The Morgan fingerprint density at radius 2 is 1.84 bits per heavy atom. The number of rotatable bonds is 8. The van der Waals surface area contributed by atoms with E-state index in [4.69, 9.17) is 4.99 Å². The van der Waals surface area contributed by atoms with Crippen LogP contribution in [0.1, 0.15) is 56.4 Å². The number of aromatic nitrogens is 1. The average molecular weight is 332 g/mol. The highest BCUT2D eigenvalue weighted by atomic mass is 14.8. The second-order valence-electron chi connectivity index (χ2n) is 6.79. The Labute approximate surface area is 151 Å². The first kappa shape index (κ1) is 17.6. The van der Waals surface area contributed by atoms with E-state index < -0.39 is 0 Å². The van der Waals surface area contributed by atoms with E-state index in [1.54, 1.807) is 0 Å². The normalized spacial score (nSPS) is 15.0. The van der Waals surface area contributed by atoms with E-state index in [1.807, 2.05) is 12.3 Å². The summed E-state index contributed by atoms with van der Waals surface area (Å²) in [5.74, 6) is 0.541. The maximum atomic E-state index is 5.00. The van der Waals surface area contributed by atoms with Gasteiger partial charge in [0.05, 0.1) is 5.71 Å². The minimum absolute atomic E-state index is 0.541. The summed E-state index contributed by atoms with van der Waals surface area (Å²) in [6.45, 7) is 4.45. The minimum Gasteiger partial charge on any atom is -0.261 e. The zero-order valence-corrected chi connectivity index (χ0v) is 15.4. The van der Waals surface area contributed by atoms with Crippen LogP contribution in [0.2, 0.25) is 0 Å². The molecule has 1 aliphatic rings. The number of benzene rings is 1. The molecule has 0 aliphatic carbocycles. The van der Waals surface area contributed by atoms with E-state index in [-0.39, 0.29) is 0 Å². The average Bonchev–Trinajstić information content (AvgIpc) is 3.16. The van der Waals surface area contributed by atoms with Crippen molar-refractivity contribution in [3.8, 4) is 0 Å². The number of aliphatic imine (C=N–C) groups is 1. The molecule has 0 radical (unpaired) electrons. The topological polar surface area (TPSA) is 25.2 Å². The third-order valence-electron chi connectivity index (χ3n) is 4.99. The zero-order valence-electron chi connectivity index (χ0n) is 15.4. The summed E-state index contributed by atoms with van der Waals surface area (Å²) in [5, 5.41) is 0. The summed E-state index contributed by atoms with van der Waals surface area (Å²) >= 11 is 0. The maximum absolute atomic E-state index is 5.00. The van der Waals surface area contributed by atoms with Crippen molar-refractivity contribution in [3.63, 3.8) is 0 Å². The summed E-state index contributed by atoms with van der Waals surface area (Å²) in [6.07, 6.45) is 10.8. The van der Waals surface area contributed by atoms with Crippen molar-refractivity contribution in [3.05, 3.63) is 77.3 Å². The lowest BCUT2D eigenvalue weighted by atomic mass is 9.93. The summed E-state index contributed by atoms with van der Waals surface area (Å²) in [7, 11) is 0. The van der Waals surface area contributed by atoms with Gasteiger partial charge in [-0.2, -0.15) is 0 Å². The fourth-order valence-corrected chi connectivity index (χ4v) is 3.48. The molecule has 3 rings (SSSR count). The van der Waals surface area contributed by atoms with Crippen molar-refractivity contribution in [2.45, 2.75) is 52.4 Å². The van der Waals surface area contributed by atoms with Gasteiger partial charge in [-0.05, 0) is 48.9 Å². The molecule has 0 saturated carbocycles. The summed E-state index contributed by atoms with van der Waals surface area (Å²) in [4.78, 5) is 9.46. The molecule has 0 saturated heterocycles. The summed E-state index contributed by atoms with van der Waals surface area (Å²) in [5.41, 5.74) is 6.34. The zero-order chi connectivity index (χ0) is 17.5. The van der Waals surface area contributed by atoms with E-state index in [2.05, 4.69) is 61.3 Å². The van der Waals surface area contributed by atoms with E-state index >= 15 is 0 Å². The molecule has 1 aromatic heterocycles. The SMILES string of the molecule is CCCC(CCc1ccccn1)C1=CCC(c2ccc(CC)cc2)=N1. The lowest BCUT2D eigenvalue weighted by Crippen LogP contribution is -2.05. The minimum atomic E-state index is 0.541. The van der Waals surface area contributed by atoms with Crippen LogP contribution in [-0.4, -0.2) is 10.7 Å². The maximum Gasteiger partial charge on any atom is 0.0517 e. The van der Waals surface area contributed by atoms with Crippen molar-refractivity contribution in [2.24, 2.45) is 10.9 Å². The van der Waals surface area contributed by atoms with Gasteiger partial charge in [0.1, 0.15) is 0 Å². The molecular formula is C23H28N2. The predicted molar refractivity (Wildman–Crippen MR) is 106 cm³/mol. The molecule has 0 N–H and O–H groups in total. The molecule has 1 aromatic carbocycles. The molecule has 25 heavy (non-hydrogen) atoms. The quantitative estimate of drug-likeness (QED) is 0.602. The van der Waals surface area contributed by atoms with Gasteiger partial charge in [-0.25, -0.2) is 0 Å². The lowest BCUT2D eigenvalue weighted by molar-refractivity contribution is 0.505.